The number of nitrogens with zero attached hydrogens (tertiary/aromatic N) is 1. The SMILES string of the molecule is COC1CN(Cc2cc(CN)ccc2F)CC1OC. The van der Waals surface area contributed by atoms with Crippen molar-refractivity contribution in [2.45, 2.75) is 25.3 Å². The van der Waals surface area contributed by atoms with E-state index in [0.29, 0.717) is 18.7 Å². The Hall–Kier alpha value is -1.01. The van der Waals surface area contributed by atoms with E-state index >= 15 is 0 Å². The van der Waals surface area contributed by atoms with Gasteiger partial charge in [0.15, 0.2) is 0 Å². The highest BCUT2D eigenvalue weighted by Gasteiger charge is 2.33. The molecule has 1 saturated heterocycles. The molecule has 1 aliphatic rings. The third-order valence-corrected chi connectivity index (χ3v) is 3.64. The molecular formula is C14H21FN2O2. The van der Waals surface area contributed by atoms with E-state index in [1.807, 2.05) is 6.07 Å². The number of hydrogen-bond donors (Lipinski definition) is 1. The molecule has 2 N–H and O–H groups in total. The fourth-order valence-electron chi connectivity index (χ4n) is 2.52. The van der Waals surface area contributed by atoms with Crippen LogP contribution in [0.3, 0.4) is 0 Å². The molecule has 2 atom stereocenters. The van der Waals surface area contributed by atoms with Crippen molar-refractivity contribution in [3.8, 4) is 0 Å². The van der Waals surface area contributed by atoms with Gasteiger partial charge in [0.25, 0.3) is 0 Å². The maximum Gasteiger partial charge on any atom is 0.127 e. The Bertz CT molecular complexity index is 416. The summed E-state index contributed by atoms with van der Waals surface area (Å²) in [5.41, 5.74) is 7.21. The lowest BCUT2D eigenvalue weighted by Crippen LogP contribution is -2.27. The quantitative estimate of drug-likeness (QED) is 0.869. The summed E-state index contributed by atoms with van der Waals surface area (Å²) in [7, 11) is 3.35. The molecule has 2 unspecified atom stereocenters. The van der Waals surface area contributed by atoms with Crippen LogP contribution in [0.25, 0.3) is 0 Å². The number of ether oxygens (including phenoxy) is 2. The molecule has 1 fully saturated rings. The van der Waals surface area contributed by atoms with E-state index in [1.165, 1.54) is 6.07 Å². The number of nitrogens with two attached hydrogens (primary N) is 1. The Morgan fingerprint density at radius 2 is 1.89 bits per heavy atom. The van der Waals surface area contributed by atoms with Crippen molar-refractivity contribution in [2.75, 3.05) is 27.3 Å². The molecule has 0 saturated carbocycles. The zero-order chi connectivity index (χ0) is 13.8. The molecule has 0 aliphatic carbocycles. The number of likely N-dealkylation sites (tertiary alicyclic amines) is 1. The number of methoxy groups -OCH3 is 2. The first-order chi connectivity index (χ1) is 9.17. The number of benzene rings is 1. The number of halogens is 1. The van der Waals surface area contributed by atoms with Crippen molar-refractivity contribution in [3.05, 3.63) is 35.1 Å². The highest BCUT2D eigenvalue weighted by Crippen LogP contribution is 2.20. The lowest BCUT2D eigenvalue weighted by molar-refractivity contribution is -0.00461. The van der Waals surface area contributed by atoms with Crippen LogP contribution in [0.5, 0.6) is 0 Å². The summed E-state index contributed by atoms with van der Waals surface area (Å²) >= 11 is 0. The minimum Gasteiger partial charge on any atom is -0.377 e. The first kappa shape index (κ1) is 14.4. The molecule has 106 valence electrons. The summed E-state index contributed by atoms with van der Waals surface area (Å²) in [4.78, 5) is 2.14. The monoisotopic (exact) mass is 268 g/mol. The molecule has 1 aromatic carbocycles. The van der Waals surface area contributed by atoms with Crippen LogP contribution in [-0.4, -0.2) is 44.4 Å². The van der Waals surface area contributed by atoms with Crippen LogP contribution in [0.2, 0.25) is 0 Å². The molecule has 1 heterocycles. The summed E-state index contributed by atoms with van der Waals surface area (Å²) in [6.45, 7) is 2.48. The van der Waals surface area contributed by atoms with Gasteiger partial charge in [-0.1, -0.05) is 12.1 Å². The second kappa shape index (κ2) is 6.43. The maximum absolute atomic E-state index is 13.8. The van der Waals surface area contributed by atoms with Gasteiger partial charge in [-0.05, 0) is 11.6 Å². The molecule has 4 nitrogen and oxygen atoms in total. The molecule has 2 rings (SSSR count). The fraction of sp³-hybridized carbons (Fsp3) is 0.571. The van der Waals surface area contributed by atoms with E-state index in [4.69, 9.17) is 15.2 Å². The zero-order valence-electron chi connectivity index (χ0n) is 11.4. The highest BCUT2D eigenvalue weighted by atomic mass is 19.1. The smallest absolute Gasteiger partial charge is 0.127 e. The molecular weight excluding hydrogens is 247 g/mol. The first-order valence-electron chi connectivity index (χ1n) is 6.43. The normalized spacial score (nSPS) is 24.0. The maximum atomic E-state index is 13.8. The Morgan fingerprint density at radius 1 is 1.26 bits per heavy atom. The Morgan fingerprint density at radius 3 is 2.42 bits per heavy atom. The third-order valence-electron chi connectivity index (χ3n) is 3.64. The van der Waals surface area contributed by atoms with E-state index in [9.17, 15) is 4.39 Å². The van der Waals surface area contributed by atoms with E-state index in [0.717, 1.165) is 18.7 Å². The van der Waals surface area contributed by atoms with Gasteiger partial charge >= 0.3 is 0 Å². The lowest BCUT2D eigenvalue weighted by Gasteiger charge is -2.16. The van der Waals surface area contributed by atoms with Gasteiger partial charge < -0.3 is 15.2 Å². The van der Waals surface area contributed by atoms with Gasteiger partial charge in [-0.2, -0.15) is 0 Å². The summed E-state index contributed by atoms with van der Waals surface area (Å²) in [6, 6.07) is 5.03. The molecule has 0 radical (unpaired) electrons. The molecule has 1 aromatic rings. The molecule has 0 aromatic heterocycles. The van der Waals surface area contributed by atoms with Crippen molar-refractivity contribution in [1.82, 2.24) is 4.90 Å². The second-order valence-corrected chi connectivity index (χ2v) is 4.87. The fourth-order valence-corrected chi connectivity index (χ4v) is 2.52. The molecule has 1 aliphatic heterocycles. The van der Waals surface area contributed by atoms with E-state index < -0.39 is 0 Å². The van der Waals surface area contributed by atoms with Crippen molar-refractivity contribution in [1.29, 1.82) is 0 Å². The van der Waals surface area contributed by atoms with Crippen molar-refractivity contribution < 1.29 is 13.9 Å². The van der Waals surface area contributed by atoms with Crippen LogP contribution in [0.4, 0.5) is 4.39 Å². The summed E-state index contributed by atoms with van der Waals surface area (Å²) < 4.78 is 24.5. The largest absolute Gasteiger partial charge is 0.377 e. The van der Waals surface area contributed by atoms with Crippen LogP contribution in [0.15, 0.2) is 18.2 Å². The Balaban J connectivity index is 2.06. The number of rotatable bonds is 5. The van der Waals surface area contributed by atoms with Crippen LogP contribution >= 0.6 is 0 Å². The predicted octanol–water partition coefficient (Wildman–Crippen LogP) is 1.13. The second-order valence-electron chi connectivity index (χ2n) is 4.87. The van der Waals surface area contributed by atoms with E-state index in [1.54, 1.807) is 20.3 Å². The van der Waals surface area contributed by atoms with Gasteiger partial charge in [0.05, 0.1) is 12.2 Å². The van der Waals surface area contributed by atoms with Crippen molar-refractivity contribution >= 4 is 0 Å². The topological polar surface area (TPSA) is 47.7 Å². The molecule has 0 spiro atoms. The number of hydrogen-bond acceptors (Lipinski definition) is 4. The minimum atomic E-state index is -0.188. The highest BCUT2D eigenvalue weighted by molar-refractivity contribution is 5.25. The van der Waals surface area contributed by atoms with Gasteiger partial charge in [-0.25, -0.2) is 4.39 Å². The van der Waals surface area contributed by atoms with Gasteiger partial charge in [0.2, 0.25) is 0 Å². The van der Waals surface area contributed by atoms with Crippen LogP contribution in [0.1, 0.15) is 11.1 Å². The average Bonchev–Trinajstić information content (AvgIpc) is 2.83. The van der Waals surface area contributed by atoms with Crippen LogP contribution < -0.4 is 5.73 Å². The standard InChI is InChI=1S/C14H21FN2O2/c1-18-13-8-17(9-14(13)19-2)7-11-5-10(6-16)3-4-12(11)15/h3-5,13-14H,6-9,16H2,1-2H3. The minimum absolute atomic E-state index is 0.0470. The van der Waals surface area contributed by atoms with Crippen molar-refractivity contribution in [2.24, 2.45) is 5.73 Å². The molecule has 5 heteroatoms. The summed E-state index contributed by atoms with van der Waals surface area (Å²) in [5, 5.41) is 0. The summed E-state index contributed by atoms with van der Waals surface area (Å²) in [5.74, 6) is -0.188. The molecule has 0 amide bonds. The summed E-state index contributed by atoms with van der Waals surface area (Å²) in [6.07, 6.45) is 0.0940. The van der Waals surface area contributed by atoms with Gasteiger partial charge in [0, 0.05) is 46.0 Å². The Labute approximate surface area is 113 Å². The van der Waals surface area contributed by atoms with Crippen LogP contribution in [0, 0.1) is 5.82 Å². The van der Waals surface area contributed by atoms with Gasteiger partial charge in [-0.3, -0.25) is 4.90 Å². The molecule has 19 heavy (non-hydrogen) atoms. The van der Waals surface area contributed by atoms with Crippen molar-refractivity contribution in [3.63, 3.8) is 0 Å². The predicted molar refractivity (Wildman–Crippen MR) is 71.2 cm³/mol. The first-order valence-corrected chi connectivity index (χ1v) is 6.43. The van der Waals surface area contributed by atoms with E-state index in [-0.39, 0.29) is 18.0 Å². The van der Waals surface area contributed by atoms with E-state index in [2.05, 4.69) is 4.90 Å². The van der Waals surface area contributed by atoms with Gasteiger partial charge in [0.1, 0.15) is 5.82 Å². The Kier molecular flexibility index (Phi) is 4.87. The van der Waals surface area contributed by atoms with Gasteiger partial charge in [-0.15, -0.1) is 0 Å². The third kappa shape index (κ3) is 3.30. The van der Waals surface area contributed by atoms with Crippen LogP contribution in [-0.2, 0) is 22.6 Å². The molecule has 0 bridgehead atoms. The lowest BCUT2D eigenvalue weighted by atomic mass is 10.1. The zero-order valence-corrected chi connectivity index (χ0v) is 11.4. The average molecular weight is 268 g/mol.